The van der Waals surface area contributed by atoms with Gasteiger partial charge >= 0.3 is 0 Å². The maximum Gasteiger partial charge on any atom is 0.263 e. The van der Waals surface area contributed by atoms with E-state index in [1.165, 1.54) is 24.4 Å². The Balaban J connectivity index is 2.29. The van der Waals surface area contributed by atoms with Crippen LogP contribution in [0.3, 0.4) is 0 Å². The molecule has 0 radical (unpaired) electrons. The van der Waals surface area contributed by atoms with Gasteiger partial charge in [0, 0.05) is 6.20 Å². The van der Waals surface area contributed by atoms with E-state index in [2.05, 4.69) is 14.9 Å². The molecule has 6 heteroatoms. The zero-order chi connectivity index (χ0) is 11.4. The van der Waals surface area contributed by atoms with E-state index in [1.54, 1.807) is 24.3 Å². The van der Waals surface area contributed by atoms with E-state index in [-0.39, 0.29) is 10.7 Å². The zero-order valence-corrected chi connectivity index (χ0v) is 9.05. The summed E-state index contributed by atoms with van der Waals surface area (Å²) < 4.78 is 26.0. The van der Waals surface area contributed by atoms with Crippen molar-refractivity contribution in [1.29, 1.82) is 0 Å². The number of rotatable bonds is 3. The monoisotopic (exact) mass is 235 g/mol. The highest BCUT2D eigenvalue weighted by molar-refractivity contribution is 7.92. The number of aromatic nitrogens is 2. The van der Waals surface area contributed by atoms with Gasteiger partial charge in [0.05, 0.1) is 4.90 Å². The first-order chi connectivity index (χ1) is 7.68. The van der Waals surface area contributed by atoms with Crippen molar-refractivity contribution in [2.24, 2.45) is 0 Å². The Bertz CT molecular complexity index is 555. The molecule has 0 aliphatic carbocycles. The van der Waals surface area contributed by atoms with Gasteiger partial charge in [-0.05, 0) is 24.3 Å². The molecule has 2 aromatic rings. The summed E-state index contributed by atoms with van der Waals surface area (Å²) >= 11 is 0. The molecular formula is C10H9N3O2S. The minimum absolute atomic E-state index is 0.195. The van der Waals surface area contributed by atoms with Crippen molar-refractivity contribution < 1.29 is 8.42 Å². The van der Waals surface area contributed by atoms with Crippen LogP contribution in [0.4, 0.5) is 5.82 Å². The molecule has 1 N–H and O–H groups in total. The van der Waals surface area contributed by atoms with Gasteiger partial charge in [-0.25, -0.2) is 8.42 Å². The Morgan fingerprint density at radius 3 is 2.38 bits per heavy atom. The number of hydrogen-bond donors (Lipinski definition) is 1. The van der Waals surface area contributed by atoms with Gasteiger partial charge in [0.15, 0.2) is 5.82 Å². The Kier molecular flexibility index (Phi) is 2.82. The molecule has 2 rings (SSSR count). The first-order valence-corrected chi connectivity index (χ1v) is 6.02. The van der Waals surface area contributed by atoms with Crippen molar-refractivity contribution in [1.82, 2.24) is 10.2 Å². The van der Waals surface area contributed by atoms with Crippen molar-refractivity contribution >= 4 is 15.8 Å². The van der Waals surface area contributed by atoms with E-state index in [0.717, 1.165) is 0 Å². The smallest absolute Gasteiger partial charge is 0.262 e. The maximum absolute atomic E-state index is 11.8. The van der Waals surface area contributed by atoms with Gasteiger partial charge in [-0.3, -0.25) is 4.72 Å². The number of anilines is 1. The quantitative estimate of drug-likeness (QED) is 0.869. The molecule has 0 bridgehead atoms. The summed E-state index contributed by atoms with van der Waals surface area (Å²) in [7, 11) is -3.57. The number of nitrogens with zero attached hydrogens (tertiary/aromatic N) is 2. The van der Waals surface area contributed by atoms with Gasteiger partial charge < -0.3 is 0 Å². The van der Waals surface area contributed by atoms with E-state index in [4.69, 9.17) is 0 Å². The molecule has 0 saturated heterocycles. The molecule has 5 nitrogen and oxygen atoms in total. The third kappa shape index (κ3) is 2.34. The fourth-order valence-electron chi connectivity index (χ4n) is 1.15. The second-order valence-electron chi connectivity index (χ2n) is 3.03. The average Bonchev–Trinajstić information content (AvgIpc) is 2.31. The molecule has 0 saturated carbocycles. The van der Waals surface area contributed by atoms with Crippen LogP contribution in [0, 0.1) is 0 Å². The lowest BCUT2D eigenvalue weighted by molar-refractivity contribution is 0.601. The minimum Gasteiger partial charge on any atom is -0.262 e. The third-order valence-electron chi connectivity index (χ3n) is 1.86. The molecule has 1 aromatic heterocycles. The number of benzene rings is 1. The summed E-state index contributed by atoms with van der Waals surface area (Å²) in [5, 5.41) is 7.23. The lowest BCUT2D eigenvalue weighted by Gasteiger charge is -2.05. The van der Waals surface area contributed by atoms with Crippen molar-refractivity contribution in [2.45, 2.75) is 4.90 Å². The summed E-state index contributed by atoms with van der Waals surface area (Å²) in [6.07, 6.45) is 1.47. The molecule has 16 heavy (non-hydrogen) atoms. The molecule has 1 heterocycles. The first-order valence-electron chi connectivity index (χ1n) is 4.54. The van der Waals surface area contributed by atoms with Gasteiger partial charge in [0.2, 0.25) is 0 Å². The number of nitrogens with one attached hydrogen (secondary N) is 1. The van der Waals surface area contributed by atoms with Crippen LogP contribution in [0.5, 0.6) is 0 Å². The van der Waals surface area contributed by atoms with Gasteiger partial charge in [-0.15, -0.1) is 5.10 Å². The normalized spacial score (nSPS) is 11.0. The van der Waals surface area contributed by atoms with E-state index < -0.39 is 10.0 Å². The predicted octanol–water partition coefficient (Wildman–Crippen LogP) is 1.28. The van der Waals surface area contributed by atoms with Gasteiger partial charge in [0.1, 0.15) is 0 Å². The van der Waals surface area contributed by atoms with Crippen LogP contribution in [0.25, 0.3) is 0 Å². The van der Waals surface area contributed by atoms with Crippen LogP contribution in [-0.4, -0.2) is 18.6 Å². The van der Waals surface area contributed by atoms with Gasteiger partial charge in [0.25, 0.3) is 10.0 Å². The van der Waals surface area contributed by atoms with Crippen LogP contribution >= 0.6 is 0 Å². The maximum atomic E-state index is 11.8. The predicted molar refractivity (Wildman–Crippen MR) is 59.3 cm³/mol. The lowest BCUT2D eigenvalue weighted by atomic mass is 10.4. The molecule has 0 aliphatic heterocycles. The molecular weight excluding hydrogens is 226 g/mol. The lowest BCUT2D eigenvalue weighted by Crippen LogP contribution is -2.13. The van der Waals surface area contributed by atoms with Crippen LogP contribution in [0.2, 0.25) is 0 Å². The Morgan fingerprint density at radius 2 is 1.75 bits per heavy atom. The molecule has 0 unspecified atom stereocenters. The fraction of sp³-hybridized carbons (Fsp3) is 0. The molecule has 0 amide bonds. The van der Waals surface area contributed by atoms with Crippen molar-refractivity contribution in [3.63, 3.8) is 0 Å². The Labute approximate surface area is 93.2 Å². The van der Waals surface area contributed by atoms with E-state index in [1.807, 2.05) is 0 Å². The highest BCUT2D eigenvalue weighted by atomic mass is 32.2. The Morgan fingerprint density at radius 1 is 1.00 bits per heavy atom. The SMILES string of the molecule is O=S(=O)(Nc1cccnn1)c1ccccc1. The summed E-state index contributed by atoms with van der Waals surface area (Å²) in [5.41, 5.74) is 0. The van der Waals surface area contributed by atoms with Crippen molar-refractivity contribution in [3.8, 4) is 0 Å². The minimum atomic E-state index is -3.57. The summed E-state index contributed by atoms with van der Waals surface area (Å²) in [4.78, 5) is 0.195. The van der Waals surface area contributed by atoms with Crippen LogP contribution in [0.15, 0.2) is 53.6 Å². The van der Waals surface area contributed by atoms with Crippen molar-refractivity contribution in [3.05, 3.63) is 48.7 Å². The summed E-state index contributed by atoms with van der Waals surface area (Å²) in [6, 6.07) is 11.2. The second-order valence-corrected chi connectivity index (χ2v) is 4.71. The molecule has 0 atom stereocenters. The van der Waals surface area contributed by atoms with E-state index >= 15 is 0 Å². The highest BCUT2D eigenvalue weighted by Gasteiger charge is 2.13. The highest BCUT2D eigenvalue weighted by Crippen LogP contribution is 2.12. The summed E-state index contributed by atoms with van der Waals surface area (Å²) in [6.45, 7) is 0. The second kappa shape index (κ2) is 4.28. The zero-order valence-electron chi connectivity index (χ0n) is 8.24. The topological polar surface area (TPSA) is 72.0 Å². The average molecular weight is 235 g/mol. The molecule has 82 valence electrons. The number of hydrogen-bond acceptors (Lipinski definition) is 4. The van der Waals surface area contributed by atoms with Crippen LogP contribution in [0.1, 0.15) is 0 Å². The van der Waals surface area contributed by atoms with Gasteiger partial charge in [-0.1, -0.05) is 18.2 Å². The van der Waals surface area contributed by atoms with Crippen molar-refractivity contribution in [2.75, 3.05) is 4.72 Å². The van der Waals surface area contributed by atoms with Gasteiger partial charge in [-0.2, -0.15) is 5.10 Å². The fourth-order valence-corrected chi connectivity index (χ4v) is 2.17. The largest absolute Gasteiger partial charge is 0.263 e. The van der Waals surface area contributed by atoms with E-state index in [0.29, 0.717) is 0 Å². The van der Waals surface area contributed by atoms with Crippen LogP contribution < -0.4 is 4.72 Å². The molecule has 1 aromatic carbocycles. The number of sulfonamides is 1. The van der Waals surface area contributed by atoms with E-state index in [9.17, 15) is 8.42 Å². The standard InChI is InChI=1S/C10H9N3O2S/c14-16(15,9-5-2-1-3-6-9)13-10-7-4-8-11-12-10/h1-8H,(H,12,13). The van der Waals surface area contributed by atoms with Crippen LogP contribution in [-0.2, 0) is 10.0 Å². The Hall–Kier alpha value is -1.95. The third-order valence-corrected chi connectivity index (χ3v) is 3.24. The molecule has 0 fully saturated rings. The summed E-state index contributed by atoms with van der Waals surface area (Å²) in [5.74, 6) is 0.200. The first kappa shape index (κ1) is 10.6. The molecule has 0 aliphatic rings. The molecule has 0 spiro atoms.